The van der Waals surface area contributed by atoms with Gasteiger partial charge in [-0.05, 0) is 18.1 Å². The Kier molecular flexibility index (Phi) is 7.81. The zero-order valence-corrected chi connectivity index (χ0v) is 14.7. The van der Waals surface area contributed by atoms with Crippen molar-refractivity contribution in [2.24, 2.45) is 12.0 Å². The molecule has 6 heteroatoms. The van der Waals surface area contributed by atoms with E-state index in [1.54, 1.807) is 13.2 Å². The molecule has 5 nitrogen and oxygen atoms in total. The average molecular weight is 399 g/mol. The highest BCUT2D eigenvalue weighted by Crippen LogP contribution is 1.98. The van der Waals surface area contributed by atoms with E-state index in [1.807, 2.05) is 23.9 Å². The van der Waals surface area contributed by atoms with Crippen molar-refractivity contribution < 1.29 is 0 Å². The zero-order valence-electron chi connectivity index (χ0n) is 12.4. The third kappa shape index (κ3) is 5.74. The smallest absolute Gasteiger partial charge is 0.191 e. The van der Waals surface area contributed by atoms with E-state index in [0.717, 1.165) is 24.6 Å². The Hall–Kier alpha value is -1.57. The van der Waals surface area contributed by atoms with Crippen LogP contribution in [-0.4, -0.2) is 29.3 Å². The van der Waals surface area contributed by atoms with Gasteiger partial charge in [-0.1, -0.05) is 30.3 Å². The van der Waals surface area contributed by atoms with E-state index in [1.165, 1.54) is 5.56 Å². The summed E-state index contributed by atoms with van der Waals surface area (Å²) in [6.45, 7) is 1.57. The van der Waals surface area contributed by atoms with Gasteiger partial charge < -0.3 is 10.6 Å². The van der Waals surface area contributed by atoms with Crippen LogP contribution in [-0.2, 0) is 20.0 Å². The van der Waals surface area contributed by atoms with Gasteiger partial charge in [-0.25, -0.2) is 0 Å². The molecule has 0 amide bonds. The van der Waals surface area contributed by atoms with E-state index in [-0.39, 0.29) is 24.0 Å². The summed E-state index contributed by atoms with van der Waals surface area (Å²) in [5.41, 5.74) is 2.44. The Morgan fingerprint density at radius 1 is 1.19 bits per heavy atom. The molecule has 2 aromatic rings. The van der Waals surface area contributed by atoms with Crippen molar-refractivity contribution in [3.63, 3.8) is 0 Å². The molecule has 2 N–H and O–H groups in total. The number of rotatable bonds is 5. The third-order valence-corrected chi connectivity index (χ3v) is 3.13. The highest BCUT2D eigenvalue weighted by atomic mass is 127. The molecule has 1 heterocycles. The Balaban J connectivity index is 0.00000220. The van der Waals surface area contributed by atoms with Crippen LogP contribution in [0.15, 0.2) is 47.6 Å². The van der Waals surface area contributed by atoms with Gasteiger partial charge in [0.2, 0.25) is 0 Å². The van der Waals surface area contributed by atoms with Crippen molar-refractivity contribution in [1.29, 1.82) is 0 Å². The Morgan fingerprint density at radius 2 is 1.95 bits per heavy atom. The third-order valence-electron chi connectivity index (χ3n) is 3.13. The summed E-state index contributed by atoms with van der Waals surface area (Å²) in [6.07, 6.45) is 2.77. The van der Waals surface area contributed by atoms with Crippen LogP contribution in [0.1, 0.15) is 11.3 Å². The van der Waals surface area contributed by atoms with E-state index >= 15 is 0 Å². The van der Waals surface area contributed by atoms with Crippen LogP contribution in [0.3, 0.4) is 0 Å². The molecule has 0 spiro atoms. The van der Waals surface area contributed by atoms with E-state index in [2.05, 4.69) is 45.0 Å². The second-order valence-electron chi connectivity index (χ2n) is 4.53. The van der Waals surface area contributed by atoms with Crippen molar-refractivity contribution >= 4 is 29.9 Å². The van der Waals surface area contributed by atoms with Gasteiger partial charge in [0.25, 0.3) is 0 Å². The van der Waals surface area contributed by atoms with Gasteiger partial charge in [0.05, 0.1) is 12.2 Å². The molecule has 1 aromatic heterocycles. The molecular formula is C15H22IN5. The monoisotopic (exact) mass is 399 g/mol. The molecule has 0 saturated carbocycles. The van der Waals surface area contributed by atoms with Gasteiger partial charge in [-0.2, -0.15) is 5.10 Å². The molecular weight excluding hydrogens is 377 g/mol. The largest absolute Gasteiger partial charge is 0.356 e. The summed E-state index contributed by atoms with van der Waals surface area (Å²) in [6, 6.07) is 12.4. The van der Waals surface area contributed by atoms with Crippen molar-refractivity contribution in [2.75, 3.05) is 13.6 Å². The average Bonchev–Trinajstić information content (AvgIpc) is 2.89. The topological polar surface area (TPSA) is 54.2 Å². The van der Waals surface area contributed by atoms with Crippen molar-refractivity contribution in [3.05, 3.63) is 53.9 Å². The number of halogens is 1. The molecule has 0 aliphatic carbocycles. The number of hydrogen-bond donors (Lipinski definition) is 2. The number of nitrogens with one attached hydrogen (secondary N) is 2. The molecule has 0 fully saturated rings. The molecule has 0 saturated heterocycles. The number of aliphatic imine (C=N–C) groups is 1. The van der Waals surface area contributed by atoms with Gasteiger partial charge in [0, 0.05) is 26.8 Å². The number of guanidine groups is 1. The summed E-state index contributed by atoms with van der Waals surface area (Å²) in [5, 5.41) is 10.7. The molecule has 114 valence electrons. The van der Waals surface area contributed by atoms with Crippen LogP contribution >= 0.6 is 24.0 Å². The number of nitrogens with zero attached hydrogens (tertiary/aromatic N) is 3. The van der Waals surface area contributed by atoms with Gasteiger partial charge in [-0.3, -0.25) is 9.67 Å². The number of benzene rings is 1. The van der Waals surface area contributed by atoms with Crippen molar-refractivity contribution in [2.45, 2.75) is 13.0 Å². The van der Waals surface area contributed by atoms with Gasteiger partial charge in [-0.15, -0.1) is 24.0 Å². The maximum atomic E-state index is 4.21. The number of aromatic nitrogens is 2. The summed E-state index contributed by atoms with van der Waals surface area (Å²) < 4.78 is 1.85. The van der Waals surface area contributed by atoms with E-state index in [4.69, 9.17) is 0 Å². The molecule has 21 heavy (non-hydrogen) atoms. The first-order valence-corrected chi connectivity index (χ1v) is 6.75. The summed E-state index contributed by atoms with van der Waals surface area (Å²) in [7, 11) is 3.71. The molecule has 0 aliphatic rings. The summed E-state index contributed by atoms with van der Waals surface area (Å²) >= 11 is 0. The maximum absolute atomic E-state index is 4.21. The van der Waals surface area contributed by atoms with Crippen LogP contribution < -0.4 is 10.6 Å². The molecule has 0 aliphatic heterocycles. The van der Waals surface area contributed by atoms with Crippen molar-refractivity contribution in [3.8, 4) is 0 Å². The Morgan fingerprint density at radius 3 is 2.57 bits per heavy atom. The minimum atomic E-state index is 0. The van der Waals surface area contributed by atoms with Gasteiger partial charge >= 0.3 is 0 Å². The lowest BCUT2D eigenvalue weighted by atomic mass is 10.1. The fraction of sp³-hybridized carbons (Fsp3) is 0.333. The lowest BCUT2D eigenvalue weighted by Crippen LogP contribution is -2.38. The SMILES string of the molecule is CN=C(NCCc1ccccc1)NCc1ccnn1C.I. The first-order chi connectivity index (χ1) is 9.79. The minimum Gasteiger partial charge on any atom is -0.356 e. The van der Waals surface area contributed by atoms with Crippen LogP contribution in [0, 0.1) is 0 Å². The molecule has 2 rings (SSSR count). The van der Waals surface area contributed by atoms with Crippen LogP contribution in [0.5, 0.6) is 0 Å². The normalized spacial score (nSPS) is 10.9. The van der Waals surface area contributed by atoms with E-state index < -0.39 is 0 Å². The van der Waals surface area contributed by atoms with Crippen molar-refractivity contribution in [1.82, 2.24) is 20.4 Å². The minimum absolute atomic E-state index is 0. The van der Waals surface area contributed by atoms with Gasteiger partial charge in [0.15, 0.2) is 5.96 Å². The molecule has 0 radical (unpaired) electrons. The Labute approximate surface area is 142 Å². The fourth-order valence-corrected chi connectivity index (χ4v) is 1.94. The predicted octanol–water partition coefficient (Wildman–Crippen LogP) is 1.95. The predicted molar refractivity (Wildman–Crippen MR) is 97.0 cm³/mol. The zero-order chi connectivity index (χ0) is 14.2. The quantitative estimate of drug-likeness (QED) is 0.459. The standard InChI is InChI=1S/C15H21N5.HI/c1-16-15(18-12-14-9-11-19-20(14)2)17-10-8-13-6-4-3-5-7-13;/h3-7,9,11H,8,10,12H2,1-2H3,(H2,16,17,18);1H. The number of aryl methyl sites for hydroxylation is 1. The first-order valence-electron chi connectivity index (χ1n) is 6.75. The molecule has 0 atom stereocenters. The van der Waals surface area contributed by atoms with Crippen LogP contribution in [0.2, 0.25) is 0 Å². The lowest BCUT2D eigenvalue weighted by Gasteiger charge is -2.12. The van der Waals surface area contributed by atoms with Crippen LogP contribution in [0.4, 0.5) is 0 Å². The first kappa shape index (κ1) is 17.5. The highest BCUT2D eigenvalue weighted by Gasteiger charge is 2.01. The van der Waals surface area contributed by atoms with E-state index in [9.17, 15) is 0 Å². The second kappa shape index (κ2) is 9.38. The highest BCUT2D eigenvalue weighted by molar-refractivity contribution is 14.0. The lowest BCUT2D eigenvalue weighted by molar-refractivity contribution is 0.684. The summed E-state index contributed by atoms with van der Waals surface area (Å²) in [5.74, 6) is 0.808. The maximum Gasteiger partial charge on any atom is 0.191 e. The molecule has 0 unspecified atom stereocenters. The molecule has 0 bridgehead atoms. The number of hydrogen-bond acceptors (Lipinski definition) is 2. The fourth-order valence-electron chi connectivity index (χ4n) is 1.94. The van der Waals surface area contributed by atoms with Crippen LogP contribution in [0.25, 0.3) is 0 Å². The molecule has 1 aromatic carbocycles. The van der Waals surface area contributed by atoms with Gasteiger partial charge in [0.1, 0.15) is 0 Å². The Bertz CT molecular complexity index is 550. The van der Waals surface area contributed by atoms with E-state index in [0.29, 0.717) is 6.54 Å². The summed E-state index contributed by atoms with van der Waals surface area (Å²) in [4.78, 5) is 4.21. The second-order valence-corrected chi connectivity index (χ2v) is 4.53.